The number of nitrogens with one attached hydrogen (secondary N) is 2. The van der Waals surface area contributed by atoms with Gasteiger partial charge in [-0.3, -0.25) is 9.59 Å². The standard InChI is InChI=1S/C13H17BrN2O3/c1-3-13(2,19)8-15-11(17)12(18)16-10-7-5-4-6-9(10)14/h4-7,19H,3,8H2,1-2H3,(H,15,17)(H,16,18). The van der Waals surface area contributed by atoms with Crippen LogP contribution in [0, 0.1) is 0 Å². The predicted molar refractivity (Wildman–Crippen MR) is 76.7 cm³/mol. The van der Waals surface area contributed by atoms with Crippen LogP contribution in [0.4, 0.5) is 5.69 Å². The van der Waals surface area contributed by atoms with E-state index in [0.29, 0.717) is 16.6 Å². The molecule has 1 atom stereocenters. The van der Waals surface area contributed by atoms with Crippen LogP contribution in [0.5, 0.6) is 0 Å². The number of aliphatic hydroxyl groups is 1. The van der Waals surface area contributed by atoms with Crippen molar-refractivity contribution in [1.82, 2.24) is 5.32 Å². The molecule has 0 spiro atoms. The summed E-state index contributed by atoms with van der Waals surface area (Å²) in [6.45, 7) is 3.43. The molecule has 0 radical (unpaired) electrons. The number of halogens is 1. The van der Waals surface area contributed by atoms with Crippen molar-refractivity contribution >= 4 is 33.4 Å². The molecule has 0 aliphatic heterocycles. The number of carbonyl (C=O) groups excluding carboxylic acids is 2. The lowest BCUT2D eigenvalue weighted by atomic mass is 10.0. The molecule has 6 heteroatoms. The summed E-state index contributed by atoms with van der Waals surface area (Å²) in [5.74, 6) is -1.54. The molecule has 5 nitrogen and oxygen atoms in total. The summed E-state index contributed by atoms with van der Waals surface area (Å²) < 4.78 is 0.691. The Balaban J connectivity index is 2.55. The van der Waals surface area contributed by atoms with Crippen LogP contribution in [0.25, 0.3) is 0 Å². The van der Waals surface area contributed by atoms with E-state index < -0.39 is 17.4 Å². The highest BCUT2D eigenvalue weighted by Gasteiger charge is 2.21. The first-order valence-corrected chi connectivity index (χ1v) is 6.71. The molecule has 0 aromatic heterocycles. The van der Waals surface area contributed by atoms with Crippen LogP contribution in [0.1, 0.15) is 20.3 Å². The van der Waals surface area contributed by atoms with Crippen LogP contribution < -0.4 is 10.6 Å². The molecular formula is C13H17BrN2O3. The lowest BCUT2D eigenvalue weighted by molar-refractivity contribution is -0.136. The normalized spacial score (nSPS) is 13.5. The van der Waals surface area contributed by atoms with Crippen molar-refractivity contribution in [3.05, 3.63) is 28.7 Å². The Morgan fingerprint density at radius 2 is 1.95 bits per heavy atom. The Hall–Kier alpha value is -1.40. The maximum atomic E-state index is 11.6. The van der Waals surface area contributed by atoms with Crippen molar-refractivity contribution in [3.63, 3.8) is 0 Å². The number of para-hydroxylation sites is 1. The number of hydrogen-bond acceptors (Lipinski definition) is 3. The van der Waals surface area contributed by atoms with Crippen LogP contribution in [0.3, 0.4) is 0 Å². The molecule has 19 heavy (non-hydrogen) atoms. The number of carbonyl (C=O) groups is 2. The van der Waals surface area contributed by atoms with E-state index >= 15 is 0 Å². The molecule has 0 saturated carbocycles. The summed E-state index contributed by atoms with van der Waals surface area (Å²) in [5, 5.41) is 14.6. The van der Waals surface area contributed by atoms with Crippen LogP contribution in [-0.4, -0.2) is 29.1 Å². The maximum absolute atomic E-state index is 11.6. The molecule has 1 aromatic carbocycles. The van der Waals surface area contributed by atoms with Gasteiger partial charge in [-0.25, -0.2) is 0 Å². The van der Waals surface area contributed by atoms with E-state index in [1.54, 1.807) is 38.1 Å². The van der Waals surface area contributed by atoms with Crippen LogP contribution in [0.15, 0.2) is 28.7 Å². The number of amides is 2. The second kappa shape index (κ2) is 6.68. The van der Waals surface area contributed by atoms with Crippen molar-refractivity contribution in [1.29, 1.82) is 0 Å². The molecule has 0 saturated heterocycles. The minimum absolute atomic E-state index is 0.0334. The molecule has 3 N–H and O–H groups in total. The first-order chi connectivity index (χ1) is 8.85. The number of hydrogen-bond donors (Lipinski definition) is 3. The van der Waals surface area contributed by atoms with Gasteiger partial charge in [-0.15, -0.1) is 0 Å². The first-order valence-electron chi connectivity index (χ1n) is 5.92. The second-order valence-electron chi connectivity index (χ2n) is 4.47. The van der Waals surface area contributed by atoms with Gasteiger partial charge in [0.2, 0.25) is 0 Å². The predicted octanol–water partition coefficient (Wildman–Crippen LogP) is 1.66. The van der Waals surface area contributed by atoms with Crippen molar-refractivity contribution in [2.24, 2.45) is 0 Å². The quantitative estimate of drug-likeness (QED) is 0.735. The van der Waals surface area contributed by atoms with Gasteiger partial charge in [0.1, 0.15) is 0 Å². The largest absolute Gasteiger partial charge is 0.388 e. The van der Waals surface area contributed by atoms with Crippen molar-refractivity contribution in [2.75, 3.05) is 11.9 Å². The monoisotopic (exact) mass is 328 g/mol. The van der Waals surface area contributed by atoms with Gasteiger partial charge in [-0.2, -0.15) is 0 Å². The smallest absolute Gasteiger partial charge is 0.313 e. The fourth-order valence-electron chi connectivity index (χ4n) is 1.22. The fraction of sp³-hybridized carbons (Fsp3) is 0.385. The van der Waals surface area contributed by atoms with Gasteiger partial charge in [-0.05, 0) is 41.4 Å². The van der Waals surface area contributed by atoms with Crippen molar-refractivity contribution in [3.8, 4) is 0 Å². The Kier molecular flexibility index (Phi) is 5.50. The first kappa shape index (κ1) is 15.7. The van der Waals surface area contributed by atoms with Crippen LogP contribution in [-0.2, 0) is 9.59 Å². The van der Waals surface area contributed by atoms with Gasteiger partial charge in [0.15, 0.2) is 0 Å². The summed E-state index contributed by atoms with van der Waals surface area (Å²) >= 11 is 3.27. The molecule has 0 fully saturated rings. The van der Waals surface area contributed by atoms with Gasteiger partial charge in [0, 0.05) is 11.0 Å². The Labute approximate surface area is 120 Å². The topological polar surface area (TPSA) is 78.4 Å². The minimum atomic E-state index is -1.01. The number of benzene rings is 1. The molecule has 0 aliphatic carbocycles. The zero-order valence-electron chi connectivity index (χ0n) is 10.9. The molecule has 0 bridgehead atoms. The summed E-state index contributed by atoms with van der Waals surface area (Å²) in [6, 6.07) is 6.99. The highest BCUT2D eigenvalue weighted by atomic mass is 79.9. The van der Waals surface area contributed by atoms with Gasteiger partial charge in [-0.1, -0.05) is 19.1 Å². The molecule has 0 heterocycles. The summed E-state index contributed by atoms with van der Waals surface area (Å²) in [4.78, 5) is 23.2. The molecule has 1 aromatic rings. The molecule has 104 valence electrons. The molecule has 2 amide bonds. The Morgan fingerprint density at radius 3 is 2.53 bits per heavy atom. The van der Waals surface area contributed by atoms with Gasteiger partial charge in [0.05, 0.1) is 11.3 Å². The second-order valence-corrected chi connectivity index (χ2v) is 5.32. The maximum Gasteiger partial charge on any atom is 0.313 e. The molecule has 1 rings (SSSR count). The van der Waals surface area contributed by atoms with Crippen molar-refractivity contribution < 1.29 is 14.7 Å². The lowest BCUT2D eigenvalue weighted by Gasteiger charge is -2.21. The molecular weight excluding hydrogens is 312 g/mol. The van der Waals surface area contributed by atoms with Gasteiger partial charge >= 0.3 is 11.8 Å². The minimum Gasteiger partial charge on any atom is -0.388 e. The van der Waals surface area contributed by atoms with E-state index in [1.807, 2.05) is 0 Å². The zero-order valence-corrected chi connectivity index (χ0v) is 12.5. The van der Waals surface area contributed by atoms with Gasteiger partial charge in [0.25, 0.3) is 0 Å². The summed E-state index contributed by atoms with van der Waals surface area (Å²) in [6.07, 6.45) is 0.485. The number of rotatable bonds is 4. The zero-order chi connectivity index (χ0) is 14.5. The van der Waals surface area contributed by atoms with E-state index in [9.17, 15) is 14.7 Å². The Bertz CT molecular complexity index is 475. The third kappa shape index (κ3) is 5.00. The van der Waals surface area contributed by atoms with Crippen molar-refractivity contribution in [2.45, 2.75) is 25.9 Å². The highest BCUT2D eigenvalue weighted by molar-refractivity contribution is 9.10. The SMILES string of the molecule is CCC(C)(O)CNC(=O)C(=O)Nc1ccccc1Br. The van der Waals surface area contributed by atoms with E-state index in [-0.39, 0.29) is 6.54 Å². The fourth-order valence-corrected chi connectivity index (χ4v) is 1.60. The van der Waals surface area contributed by atoms with E-state index in [0.717, 1.165) is 0 Å². The lowest BCUT2D eigenvalue weighted by Crippen LogP contribution is -2.44. The van der Waals surface area contributed by atoms with Crippen LogP contribution >= 0.6 is 15.9 Å². The third-order valence-electron chi connectivity index (χ3n) is 2.72. The van der Waals surface area contributed by atoms with E-state index in [2.05, 4.69) is 26.6 Å². The van der Waals surface area contributed by atoms with Gasteiger partial charge < -0.3 is 15.7 Å². The Morgan fingerprint density at radius 1 is 1.32 bits per heavy atom. The average Bonchev–Trinajstić information content (AvgIpc) is 2.38. The van der Waals surface area contributed by atoms with Crippen LogP contribution in [0.2, 0.25) is 0 Å². The molecule has 0 aliphatic rings. The summed E-state index contributed by atoms with van der Waals surface area (Å²) in [5.41, 5.74) is -0.492. The highest BCUT2D eigenvalue weighted by Crippen LogP contribution is 2.20. The molecule has 1 unspecified atom stereocenters. The number of anilines is 1. The van der Waals surface area contributed by atoms with E-state index in [4.69, 9.17) is 0 Å². The third-order valence-corrected chi connectivity index (χ3v) is 3.41. The average molecular weight is 329 g/mol. The summed E-state index contributed by atoms with van der Waals surface area (Å²) in [7, 11) is 0. The van der Waals surface area contributed by atoms with E-state index in [1.165, 1.54) is 0 Å².